The molecule has 0 saturated carbocycles. The number of hydrogen-bond acceptors (Lipinski definition) is 8. The van der Waals surface area contributed by atoms with Gasteiger partial charge in [-0.2, -0.15) is 4.98 Å². The molecule has 0 fully saturated rings. The second-order valence-corrected chi connectivity index (χ2v) is 8.83. The summed E-state index contributed by atoms with van der Waals surface area (Å²) in [6.07, 6.45) is 4.38. The van der Waals surface area contributed by atoms with Crippen LogP contribution in [0.2, 0.25) is 0 Å². The van der Waals surface area contributed by atoms with E-state index in [9.17, 15) is 9.90 Å². The zero-order chi connectivity index (χ0) is 22.9. The van der Waals surface area contributed by atoms with Gasteiger partial charge >= 0.3 is 0 Å². The van der Waals surface area contributed by atoms with E-state index in [2.05, 4.69) is 48.2 Å². The summed E-state index contributed by atoms with van der Waals surface area (Å²) in [7, 11) is 0. The van der Waals surface area contributed by atoms with Gasteiger partial charge in [0, 0.05) is 25.8 Å². The lowest BCUT2D eigenvalue weighted by Crippen LogP contribution is -2.24. The van der Waals surface area contributed by atoms with Crippen LogP contribution in [0.4, 0.5) is 5.82 Å². The number of nitrogens with zero attached hydrogens (tertiary/aromatic N) is 7. The number of rotatable bonds is 8. The van der Waals surface area contributed by atoms with E-state index in [4.69, 9.17) is 4.52 Å². The first kappa shape index (κ1) is 21.5. The zero-order valence-corrected chi connectivity index (χ0v) is 19.6. The molecule has 0 saturated heterocycles. The Morgan fingerprint density at radius 2 is 2.03 bits per heavy atom. The average Bonchev–Trinajstić information content (AvgIpc) is 3.53. The predicted octanol–water partition coefficient (Wildman–Crippen LogP) is 3.60. The topological polar surface area (TPSA) is 124 Å². The second kappa shape index (κ2) is 8.89. The lowest BCUT2D eigenvalue weighted by Gasteiger charge is -2.12. The van der Waals surface area contributed by atoms with Crippen molar-refractivity contribution in [1.29, 1.82) is 0 Å². The Kier molecular flexibility index (Phi) is 5.79. The molecular formula is C22H22BrN7O3. The van der Waals surface area contributed by atoms with Crippen LogP contribution in [0.3, 0.4) is 0 Å². The van der Waals surface area contributed by atoms with Crippen molar-refractivity contribution in [1.82, 2.24) is 29.3 Å². The number of fused-ring (bicyclic) bond motifs is 2. The van der Waals surface area contributed by atoms with Crippen LogP contribution in [0.5, 0.6) is 5.75 Å². The lowest BCUT2D eigenvalue weighted by atomic mass is 10.2. The Bertz CT molecular complexity index is 1420. The number of aromatic hydroxyl groups is 1. The van der Waals surface area contributed by atoms with E-state index in [1.54, 1.807) is 28.7 Å². The quantitative estimate of drug-likeness (QED) is 0.358. The van der Waals surface area contributed by atoms with E-state index < -0.39 is 0 Å². The summed E-state index contributed by atoms with van der Waals surface area (Å²) in [5.74, 6) is 2.48. The van der Waals surface area contributed by atoms with Crippen LogP contribution in [0, 0.1) is 0 Å². The average molecular weight is 512 g/mol. The summed E-state index contributed by atoms with van der Waals surface area (Å²) in [5, 5.41) is 22.6. The van der Waals surface area contributed by atoms with Gasteiger partial charge in [-0.3, -0.25) is 9.36 Å². The van der Waals surface area contributed by atoms with E-state index in [1.165, 1.54) is 0 Å². The largest absolute Gasteiger partial charge is 0.507 e. The van der Waals surface area contributed by atoms with Crippen LogP contribution >= 0.6 is 15.9 Å². The predicted molar refractivity (Wildman–Crippen MR) is 125 cm³/mol. The number of phenols is 1. The summed E-state index contributed by atoms with van der Waals surface area (Å²) in [5.41, 5.74) is 0.994. The zero-order valence-electron chi connectivity index (χ0n) is 18.0. The van der Waals surface area contributed by atoms with Gasteiger partial charge in [-0.25, -0.2) is 9.39 Å². The number of aromatic nitrogens is 6. The minimum Gasteiger partial charge on any atom is -0.507 e. The molecule has 170 valence electrons. The number of hydrogen-bond donors (Lipinski definition) is 1. The molecular weight excluding hydrogens is 490 g/mol. The van der Waals surface area contributed by atoms with E-state index >= 15 is 0 Å². The molecule has 0 bridgehead atoms. The molecule has 1 aliphatic heterocycles. The molecule has 4 heterocycles. The molecule has 0 atom stereocenters. The van der Waals surface area contributed by atoms with Crippen molar-refractivity contribution in [3.63, 3.8) is 0 Å². The molecule has 1 aromatic carbocycles. The molecule has 11 heteroatoms. The summed E-state index contributed by atoms with van der Waals surface area (Å²) >= 11 is 3.44. The highest BCUT2D eigenvalue weighted by molar-refractivity contribution is 9.18. The first-order valence-electron chi connectivity index (χ1n) is 10.9. The number of unbranched alkanes of at least 4 members (excludes halogenated alkanes) is 2. The van der Waals surface area contributed by atoms with Crippen LogP contribution < -0.4 is 5.56 Å². The van der Waals surface area contributed by atoms with Gasteiger partial charge in [0.15, 0.2) is 0 Å². The van der Waals surface area contributed by atoms with Crippen LogP contribution in [0.15, 0.2) is 38.6 Å². The molecule has 1 N–H and O–H groups in total. The third-order valence-electron chi connectivity index (χ3n) is 5.65. The highest BCUT2D eigenvalue weighted by Gasteiger charge is 2.25. The van der Waals surface area contributed by atoms with Crippen molar-refractivity contribution >= 4 is 32.1 Å². The van der Waals surface area contributed by atoms with Gasteiger partial charge in [-0.15, -0.1) is 10.2 Å². The lowest BCUT2D eigenvalue weighted by molar-refractivity contribution is 0.377. The van der Waals surface area contributed by atoms with Crippen LogP contribution in [-0.4, -0.2) is 39.0 Å². The van der Waals surface area contributed by atoms with E-state index in [0.717, 1.165) is 30.4 Å². The maximum absolute atomic E-state index is 13.3. The van der Waals surface area contributed by atoms with Gasteiger partial charge in [0.2, 0.25) is 17.5 Å². The monoisotopic (exact) mass is 511 g/mol. The molecule has 0 amide bonds. The normalized spacial score (nSPS) is 13.0. The van der Waals surface area contributed by atoms with Gasteiger partial charge in [-0.1, -0.05) is 37.1 Å². The van der Waals surface area contributed by atoms with Crippen molar-refractivity contribution in [3.8, 4) is 17.1 Å². The molecule has 0 unspecified atom stereocenters. The van der Waals surface area contributed by atoms with E-state index in [0.29, 0.717) is 59.5 Å². The third-order valence-corrected chi connectivity index (χ3v) is 6.11. The first-order valence-corrected chi connectivity index (χ1v) is 11.7. The van der Waals surface area contributed by atoms with Gasteiger partial charge in [0.25, 0.3) is 5.56 Å². The number of halogens is 1. The molecule has 0 radical (unpaired) electrons. The number of benzene rings is 1. The van der Waals surface area contributed by atoms with Gasteiger partial charge in [-0.05, 0) is 34.5 Å². The number of para-hydroxylation sites is 1. The maximum atomic E-state index is 13.3. The minimum absolute atomic E-state index is 0.0826. The maximum Gasteiger partial charge on any atom is 0.266 e. The van der Waals surface area contributed by atoms with Crippen LogP contribution in [0.25, 0.3) is 17.2 Å². The SMILES string of the molecule is CCCCCn1c2c(c(=O)n3c(CCc4nc(-c5ccccc5O)no4)nnc13)CC(Br)=N2. The molecule has 10 nitrogen and oxygen atoms in total. The summed E-state index contributed by atoms with van der Waals surface area (Å²) in [4.78, 5) is 22.2. The molecule has 0 aliphatic carbocycles. The van der Waals surface area contributed by atoms with Gasteiger partial charge in [0.1, 0.15) is 17.4 Å². The minimum atomic E-state index is -0.148. The van der Waals surface area contributed by atoms with Crippen LogP contribution in [0.1, 0.15) is 43.5 Å². The molecule has 1 aliphatic rings. The molecule has 4 aromatic rings. The molecule has 0 spiro atoms. The van der Waals surface area contributed by atoms with Crippen molar-refractivity contribution < 1.29 is 9.63 Å². The number of aryl methyl sites for hydroxylation is 3. The van der Waals surface area contributed by atoms with Crippen molar-refractivity contribution in [3.05, 3.63) is 51.9 Å². The molecule has 5 rings (SSSR count). The number of aliphatic imine (C=N–C) groups is 1. The standard InChI is InChI=1S/C22H22BrN7O3/c1-2-3-6-11-29-20-14(12-16(23)24-20)21(32)30-17(26-27-22(29)30)9-10-18-25-19(28-33-18)13-7-4-5-8-15(13)31/h4-5,7-8,31H,2-3,6,9-12H2,1H3. The molecule has 33 heavy (non-hydrogen) atoms. The van der Waals surface area contributed by atoms with Gasteiger partial charge < -0.3 is 9.63 Å². The Morgan fingerprint density at radius 3 is 2.85 bits per heavy atom. The van der Waals surface area contributed by atoms with Crippen molar-refractivity contribution in [2.24, 2.45) is 4.99 Å². The fourth-order valence-corrected chi connectivity index (χ4v) is 4.44. The second-order valence-electron chi connectivity index (χ2n) is 7.91. The first-order chi connectivity index (χ1) is 16.1. The van der Waals surface area contributed by atoms with Gasteiger partial charge in [0.05, 0.1) is 15.7 Å². The Labute approximate surface area is 197 Å². The third kappa shape index (κ3) is 3.97. The summed E-state index contributed by atoms with van der Waals surface area (Å²) in [6.45, 7) is 2.87. The number of phenolic OH excluding ortho intramolecular Hbond substituents is 1. The van der Waals surface area contributed by atoms with Crippen LogP contribution in [-0.2, 0) is 25.8 Å². The summed E-state index contributed by atoms with van der Waals surface area (Å²) in [6, 6.07) is 6.81. The fourth-order valence-electron chi connectivity index (χ4n) is 4.00. The van der Waals surface area contributed by atoms with Crippen molar-refractivity contribution in [2.45, 2.75) is 52.0 Å². The van der Waals surface area contributed by atoms with E-state index in [1.807, 2.05) is 4.57 Å². The fraction of sp³-hybridized carbons (Fsp3) is 0.364. The van der Waals surface area contributed by atoms with E-state index in [-0.39, 0.29) is 11.3 Å². The Hall–Kier alpha value is -3.34. The van der Waals surface area contributed by atoms with Crippen molar-refractivity contribution in [2.75, 3.05) is 0 Å². The highest BCUT2D eigenvalue weighted by atomic mass is 79.9. The Morgan fingerprint density at radius 1 is 1.18 bits per heavy atom. The highest BCUT2D eigenvalue weighted by Crippen LogP contribution is 2.29. The summed E-state index contributed by atoms with van der Waals surface area (Å²) < 4.78 is 9.66. The molecule has 3 aromatic heterocycles. The smallest absolute Gasteiger partial charge is 0.266 e. The Balaban J connectivity index is 1.45.